The summed E-state index contributed by atoms with van der Waals surface area (Å²) in [5.74, 6) is 2.34. The fourth-order valence-electron chi connectivity index (χ4n) is 3.24. The van der Waals surface area contributed by atoms with Crippen LogP contribution in [0.2, 0.25) is 0 Å². The van der Waals surface area contributed by atoms with Crippen LogP contribution in [0.15, 0.2) is 5.10 Å². The lowest BCUT2D eigenvalue weighted by Gasteiger charge is -2.59. The molecule has 0 aromatic carbocycles. The van der Waals surface area contributed by atoms with Crippen molar-refractivity contribution in [3.05, 3.63) is 0 Å². The van der Waals surface area contributed by atoms with Crippen molar-refractivity contribution in [2.24, 2.45) is 34.0 Å². The first kappa shape index (κ1) is 10.9. The summed E-state index contributed by atoms with van der Waals surface area (Å²) in [5.41, 5.74) is 8.46. The van der Waals surface area contributed by atoms with Gasteiger partial charge in [-0.25, -0.2) is 0 Å². The van der Waals surface area contributed by atoms with Crippen LogP contribution in [-0.2, 0) is 0 Å². The smallest absolute Gasteiger partial charge is 0.184 e. The minimum Gasteiger partial charge on any atom is -0.375 e. The number of hydrazone groups is 1. The molecule has 0 heterocycles. The first-order chi connectivity index (χ1) is 7.01. The summed E-state index contributed by atoms with van der Waals surface area (Å²) >= 11 is 4.70. The third kappa shape index (κ3) is 1.87. The zero-order valence-corrected chi connectivity index (χ0v) is 10.2. The minimum atomic E-state index is 0.243. The highest BCUT2D eigenvalue weighted by Gasteiger charge is 2.53. The second kappa shape index (κ2) is 3.74. The Morgan fingerprint density at radius 2 is 2.27 bits per heavy atom. The van der Waals surface area contributed by atoms with E-state index in [1.165, 1.54) is 19.3 Å². The quantitative estimate of drug-likeness (QED) is 0.428. The van der Waals surface area contributed by atoms with E-state index in [-0.39, 0.29) is 5.11 Å². The number of rotatable bonds is 2. The Labute approximate surface area is 96.5 Å². The Hall–Kier alpha value is -0.640. The van der Waals surface area contributed by atoms with Crippen LogP contribution in [0, 0.1) is 23.2 Å². The van der Waals surface area contributed by atoms with E-state index in [0.29, 0.717) is 11.3 Å². The molecule has 2 bridgehead atoms. The molecule has 0 radical (unpaired) electrons. The van der Waals surface area contributed by atoms with Gasteiger partial charge < -0.3 is 5.73 Å². The van der Waals surface area contributed by atoms with E-state index in [1.807, 2.05) is 6.21 Å². The van der Waals surface area contributed by atoms with Gasteiger partial charge >= 0.3 is 0 Å². The Kier molecular flexibility index (Phi) is 2.71. The molecule has 0 aromatic heterocycles. The normalized spacial score (nSPS) is 37.3. The van der Waals surface area contributed by atoms with Crippen molar-refractivity contribution in [2.45, 2.75) is 33.1 Å². The predicted octanol–water partition coefficient (Wildman–Crippen LogP) is 1.88. The Bertz CT molecular complexity index is 296. The molecule has 3 atom stereocenters. The Morgan fingerprint density at radius 3 is 2.80 bits per heavy atom. The van der Waals surface area contributed by atoms with Gasteiger partial charge in [-0.05, 0) is 54.6 Å². The zero-order chi connectivity index (χ0) is 11.1. The number of nitrogens with two attached hydrogens (primary N) is 1. The van der Waals surface area contributed by atoms with Gasteiger partial charge in [0.1, 0.15) is 0 Å². The van der Waals surface area contributed by atoms with E-state index >= 15 is 0 Å². The maximum atomic E-state index is 5.31. The molecule has 0 spiro atoms. The SMILES string of the molecule is CC1(C)C2CCC(/C=N/NC(N)=S)C1C2. The molecule has 3 rings (SSSR count). The summed E-state index contributed by atoms with van der Waals surface area (Å²) in [6.07, 6.45) is 5.98. The highest BCUT2D eigenvalue weighted by Crippen LogP contribution is 2.60. The Balaban J connectivity index is 1.94. The zero-order valence-electron chi connectivity index (χ0n) is 9.36. The highest BCUT2D eigenvalue weighted by atomic mass is 32.1. The molecule has 3 N–H and O–H groups in total. The van der Waals surface area contributed by atoms with Gasteiger partial charge in [0.25, 0.3) is 0 Å². The molecule has 3 fully saturated rings. The standard InChI is InChI=1S/C11H19N3S/c1-11(2)8-4-3-7(9(11)5-8)6-13-14-10(12)15/h6-9H,3-5H2,1-2H3,(H3,12,14,15)/b13-6+. The van der Waals surface area contributed by atoms with Crippen LogP contribution in [-0.4, -0.2) is 11.3 Å². The van der Waals surface area contributed by atoms with Crippen molar-refractivity contribution >= 4 is 23.5 Å². The van der Waals surface area contributed by atoms with Crippen molar-refractivity contribution in [1.82, 2.24) is 5.43 Å². The minimum absolute atomic E-state index is 0.243. The summed E-state index contributed by atoms with van der Waals surface area (Å²) in [6.45, 7) is 4.76. The molecule has 15 heavy (non-hydrogen) atoms. The van der Waals surface area contributed by atoms with Crippen molar-refractivity contribution in [3.63, 3.8) is 0 Å². The van der Waals surface area contributed by atoms with Crippen molar-refractivity contribution in [2.75, 3.05) is 0 Å². The van der Waals surface area contributed by atoms with Gasteiger partial charge in [0, 0.05) is 6.21 Å². The van der Waals surface area contributed by atoms with Crippen LogP contribution in [0.5, 0.6) is 0 Å². The molecule has 0 aromatic rings. The third-order valence-electron chi connectivity index (χ3n) is 4.35. The molecular formula is C11H19N3S. The number of thiocarbonyl (C=S) groups is 1. The summed E-state index contributed by atoms with van der Waals surface area (Å²) in [5, 5.41) is 4.34. The number of hydrogen-bond donors (Lipinski definition) is 2. The van der Waals surface area contributed by atoms with Gasteiger partial charge in [-0.1, -0.05) is 13.8 Å². The molecule has 84 valence electrons. The van der Waals surface area contributed by atoms with Gasteiger partial charge in [0.2, 0.25) is 0 Å². The van der Waals surface area contributed by atoms with Crippen LogP contribution < -0.4 is 11.2 Å². The maximum absolute atomic E-state index is 5.31. The fourth-order valence-corrected chi connectivity index (χ4v) is 3.30. The monoisotopic (exact) mass is 225 g/mol. The van der Waals surface area contributed by atoms with Crippen molar-refractivity contribution in [1.29, 1.82) is 0 Å². The first-order valence-corrected chi connectivity index (χ1v) is 6.01. The molecule has 3 saturated carbocycles. The van der Waals surface area contributed by atoms with Crippen molar-refractivity contribution < 1.29 is 0 Å². The topological polar surface area (TPSA) is 50.4 Å². The Morgan fingerprint density at radius 1 is 1.53 bits per heavy atom. The summed E-state index contributed by atoms with van der Waals surface area (Å²) in [4.78, 5) is 0. The molecular weight excluding hydrogens is 206 g/mol. The number of nitrogens with zero attached hydrogens (tertiary/aromatic N) is 1. The fraction of sp³-hybridized carbons (Fsp3) is 0.818. The molecule has 3 nitrogen and oxygen atoms in total. The van der Waals surface area contributed by atoms with Crippen LogP contribution in [0.1, 0.15) is 33.1 Å². The van der Waals surface area contributed by atoms with Crippen LogP contribution in [0.25, 0.3) is 0 Å². The number of hydrogen-bond acceptors (Lipinski definition) is 2. The largest absolute Gasteiger partial charge is 0.375 e. The molecule has 0 amide bonds. The molecule has 3 unspecified atom stereocenters. The van der Waals surface area contributed by atoms with E-state index in [4.69, 9.17) is 18.0 Å². The number of fused-ring (bicyclic) bond motifs is 2. The molecule has 0 saturated heterocycles. The summed E-state index contributed by atoms with van der Waals surface area (Å²) in [6, 6.07) is 0. The predicted molar refractivity (Wildman–Crippen MR) is 66.5 cm³/mol. The molecule has 3 aliphatic rings. The second-order valence-corrected chi connectivity index (χ2v) is 5.80. The van der Waals surface area contributed by atoms with Crippen molar-refractivity contribution in [3.8, 4) is 0 Å². The third-order valence-corrected chi connectivity index (χ3v) is 4.44. The second-order valence-electron chi connectivity index (χ2n) is 5.36. The molecule has 3 aliphatic carbocycles. The van der Waals surface area contributed by atoms with Gasteiger partial charge in [-0.15, -0.1) is 0 Å². The summed E-state index contributed by atoms with van der Waals surface area (Å²) < 4.78 is 0. The lowest BCUT2D eigenvalue weighted by molar-refractivity contribution is -0.0836. The van der Waals surface area contributed by atoms with Gasteiger partial charge in [0.05, 0.1) is 0 Å². The molecule has 4 heteroatoms. The highest BCUT2D eigenvalue weighted by molar-refractivity contribution is 7.80. The molecule has 0 aliphatic heterocycles. The summed E-state index contributed by atoms with van der Waals surface area (Å²) in [7, 11) is 0. The lowest BCUT2D eigenvalue weighted by atomic mass is 9.46. The average molecular weight is 225 g/mol. The van der Waals surface area contributed by atoms with Gasteiger partial charge in [-0.3, -0.25) is 5.43 Å². The van der Waals surface area contributed by atoms with E-state index in [2.05, 4.69) is 24.4 Å². The average Bonchev–Trinajstić information content (AvgIpc) is 2.17. The van der Waals surface area contributed by atoms with E-state index in [0.717, 1.165) is 11.8 Å². The van der Waals surface area contributed by atoms with Crippen LogP contribution in [0.3, 0.4) is 0 Å². The lowest BCUT2D eigenvalue weighted by Crippen LogP contribution is -2.52. The van der Waals surface area contributed by atoms with Crippen LogP contribution in [0.4, 0.5) is 0 Å². The van der Waals surface area contributed by atoms with Crippen LogP contribution >= 0.6 is 12.2 Å². The number of nitrogens with one attached hydrogen (secondary N) is 1. The van der Waals surface area contributed by atoms with E-state index in [9.17, 15) is 0 Å². The maximum Gasteiger partial charge on any atom is 0.184 e. The van der Waals surface area contributed by atoms with Gasteiger partial charge in [-0.2, -0.15) is 5.10 Å². The van der Waals surface area contributed by atoms with Gasteiger partial charge in [0.15, 0.2) is 5.11 Å². The van der Waals surface area contributed by atoms with E-state index in [1.54, 1.807) is 0 Å². The van der Waals surface area contributed by atoms with E-state index < -0.39 is 0 Å². The first-order valence-electron chi connectivity index (χ1n) is 5.60.